The van der Waals surface area contributed by atoms with Crippen LogP contribution in [0.1, 0.15) is 11.5 Å². The molecule has 0 amide bonds. The summed E-state index contributed by atoms with van der Waals surface area (Å²) in [5, 5.41) is 10.2. The molecule has 4 heterocycles. The van der Waals surface area contributed by atoms with Crippen LogP contribution in [0.4, 0.5) is 0 Å². The van der Waals surface area contributed by atoms with E-state index in [1.54, 1.807) is 6.20 Å². The van der Waals surface area contributed by atoms with E-state index >= 15 is 0 Å². The average molecular weight is 342 g/mol. The molecule has 5 rings (SSSR count). The summed E-state index contributed by atoms with van der Waals surface area (Å²) in [6.07, 6.45) is 8.00. The Kier molecular flexibility index (Phi) is 3.45. The van der Waals surface area contributed by atoms with Crippen LogP contribution in [-0.2, 0) is 6.54 Å². The predicted octanol–water partition coefficient (Wildman–Crippen LogP) is 2.39. The van der Waals surface area contributed by atoms with E-state index in [0.717, 1.165) is 33.9 Å². The minimum Gasteiger partial charge on any atom is -0.368 e. The molecule has 2 aliphatic rings. The number of aromatic nitrogens is 3. The van der Waals surface area contributed by atoms with Gasteiger partial charge in [0.05, 0.1) is 23.3 Å². The van der Waals surface area contributed by atoms with Crippen LogP contribution in [0.15, 0.2) is 78.4 Å². The van der Waals surface area contributed by atoms with Crippen molar-refractivity contribution in [2.75, 3.05) is 0 Å². The number of allylic oxidation sites excluding steroid dienone is 2. The normalized spacial score (nSPS) is 18.3. The number of pyridine rings is 1. The van der Waals surface area contributed by atoms with E-state index < -0.39 is 0 Å². The number of para-hydroxylation sites is 2. The summed E-state index contributed by atoms with van der Waals surface area (Å²) < 4.78 is 0. The van der Waals surface area contributed by atoms with Gasteiger partial charge in [0.2, 0.25) is 0 Å². The summed E-state index contributed by atoms with van der Waals surface area (Å²) in [4.78, 5) is 12.6. The Bertz CT molecular complexity index is 1010. The molecule has 1 aromatic carbocycles. The summed E-state index contributed by atoms with van der Waals surface area (Å²) >= 11 is 0. The largest absolute Gasteiger partial charge is 0.368 e. The van der Waals surface area contributed by atoms with Crippen LogP contribution in [0.3, 0.4) is 0 Å². The van der Waals surface area contributed by atoms with Crippen molar-refractivity contribution in [3.8, 4) is 0 Å². The first-order valence-electron chi connectivity index (χ1n) is 8.61. The lowest BCUT2D eigenvalue weighted by Gasteiger charge is -2.26. The van der Waals surface area contributed by atoms with Crippen molar-refractivity contribution in [2.24, 2.45) is 0 Å². The Hall–Kier alpha value is -3.54. The van der Waals surface area contributed by atoms with Gasteiger partial charge in [-0.05, 0) is 42.6 Å². The smallest absolute Gasteiger partial charge is 0.139 e. The highest BCUT2D eigenvalue weighted by Crippen LogP contribution is 2.28. The van der Waals surface area contributed by atoms with E-state index in [1.807, 2.05) is 48.7 Å². The minimum absolute atomic E-state index is 0.0365. The summed E-state index contributed by atoms with van der Waals surface area (Å²) in [6.45, 7) is 0.655. The zero-order valence-corrected chi connectivity index (χ0v) is 14.0. The summed E-state index contributed by atoms with van der Waals surface area (Å²) in [5.74, 6) is 1.81. The van der Waals surface area contributed by atoms with Gasteiger partial charge in [-0.2, -0.15) is 0 Å². The van der Waals surface area contributed by atoms with Crippen LogP contribution in [0.25, 0.3) is 16.6 Å². The molecule has 3 aromatic rings. The fourth-order valence-electron chi connectivity index (χ4n) is 3.29. The molecule has 0 fully saturated rings. The maximum Gasteiger partial charge on any atom is 0.139 e. The lowest BCUT2D eigenvalue weighted by Crippen LogP contribution is -2.43. The molecule has 1 unspecified atom stereocenters. The van der Waals surface area contributed by atoms with Crippen LogP contribution in [0.2, 0.25) is 0 Å². The lowest BCUT2D eigenvalue weighted by molar-refractivity contribution is 0.564. The topological polar surface area (TPSA) is 77.7 Å². The molecule has 2 aromatic heterocycles. The number of nitrogens with one attached hydrogen (secondary N) is 4. The predicted molar refractivity (Wildman–Crippen MR) is 101 cm³/mol. The maximum atomic E-state index is 4.76. The molecule has 6 heteroatoms. The number of H-pyrrole nitrogens is 1. The molecule has 0 radical (unpaired) electrons. The molecule has 0 aliphatic carbocycles. The third-order valence-corrected chi connectivity index (χ3v) is 4.57. The molecular formula is C20H18N6. The SMILES string of the molecule is C1=CC2=C(c3nc4ccccc4[nH]3)C=C(NCc3ccccn3)NC2N1. The molecule has 0 saturated carbocycles. The van der Waals surface area contributed by atoms with E-state index in [-0.39, 0.29) is 6.17 Å². The second-order valence-electron chi connectivity index (χ2n) is 6.28. The van der Waals surface area contributed by atoms with Crippen LogP contribution in [0, 0.1) is 0 Å². The first kappa shape index (κ1) is 14.8. The molecule has 1 atom stereocenters. The average Bonchev–Trinajstić information content (AvgIpc) is 3.33. The van der Waals surface area contributed by atoms with Crippen LogP contribution in [0.5, 0.6) is 0 Å². The van der Waals surface area contributed by atoms with Gasteiger partial charge in [0.25, 0.3) is 0 Å². The highest BCUT2D eigenvalue weighted by molar-refractivity contribution is 5.84. The van der Waals surface area contributed by atoms with Gasteiger partial charge in [-0.15, -0.1) is 0 Å². The van der Waals surface area contributed by atoms with Gasteiger partial charge in [0.15, 0.2) is 0 Å². The van der Waals surface area contributed by atoms with Crippen molar-refractivity contribution in [2.45, 2.75) is 12.7 Å². The number of hydrogen-bond donors (Lipinski definition) is 4. The number of aromatic amines is 1. The summed E-state index contributed by atoms with van der Waals surface area (Å²) in [6, 6.07) is 14.0. The minimum atomic E-state index is 0.0365. The van der Waals surface area contributed by atoms with E-state index in [4.69, 9.17) is 4.98 Å². The molecule has 128 valence electrons. The van der Waals surface area contributed by atoms with Gasteiger partial charge in [0, 0.05) is 17.3 Å². The van der Waals surface area contributed by atoms with Gasteiger partial charge in [-0.3, -0.25) is 4.98 Å². The highest BCUT2D eigenvalue weighted by atomic mass is 15.2. The van der Waals surface area contributed by atoms with Gasteiger partial charge in [0.1, 0.15) is 17.8 Å². The maximum absolute atomic E-state index is 4.76. The van der Waals surface area contributed by atoms with Crippen LogP contribution >= 0.6 is 0 Å². The van der Waals surface area contributed by atoms with E-state index in [9.17, 15) is 0 Å². The van der Waals surface area contributed by atoms with E-state index in [0.29, 0.717) is 6.54 Å². The Morgan fingerprint density at radius 2 is 2.00 bits per heavy atom. The Balaban J connectivity index is 1.49. The first-order chi connectivity index (χ1) is 12.9. The zero-order valence-electron chi connectivity index (χ0n) is 14.0. The van der Waals surface area contributed by atoms with Crippen molar-refractivity contribution in [3.63, 3.8) is 0 Å². The number of hydrogen-bond acceptors (Lipinski definition) is 5. The molecule has 2 aliphatic heterocycles. The molecule has 26 heavy (non-hydrogen) atoms. The molecule has 4 N–H and O–H groups in total. The van der Waals surface area contributed by atoms with Gasteiger partial charge in [-0.25, -0.2) is 4.98 Å². The van der Waals surface area contributed by atoms with Gasteiger partial charge in [-0.1, -0.05) is 18.2 Å². The summed E-state index contributed by atoms with van der Waals surface area (Å²) in [7, 11) is 0. The number of fused-ring (bicyclic) bond motifs is 2. The lowest BCUT2D eigenvalue weighted by atomic mass is 10.0. The number of nitrogens with zero attached hydrogens (tertiary/aromatic N) is 2. The second kappa shape index (κ2) is 6.07. The van der Waals surface area contributed by atoms with Crippen molar-refractivity contribution in [1.29, 1.82) is 0 Å². The molecular weight excluding hydrogens is 324 g/mol. The number of rotatable bonds is 4. The first-order valence-corrected chi connectivity index (χ1v) is 8.61. The van der Waals surface area contributed by atoms with Crippen molar-refractivity contribution in [1.82, 2.24) is 30.9 Å². The van der Waals surface area contributed by atoms with Crippen LogP contribution < -0.4 is 16.0 Å². The highest BCUT2D eigenvalue weighted by Gasteiger charge is 2.26. The van der Waals surface area contributed by atoms with E-state index in [2.05, 4.69) is 38.1 Å². The van der Waals surface area contributed by atoms with E-state index in [1.165, 1.54) is 5.57 Å². The Morgan fingerprint density at radius 3 is 2.88 bits per heavy atom. The molecule has 0 saturated heterocycles. The number of benzene rings is 1. The standard InChI is InChI=1S/C20H18N6/c1-2-7-17-16(6-1)24-20(25-17)15-11-18(26-19-14(15)8-10-22-19)23-12-13-5-3-4-9-21-13/h1-11,19,22-23,26H,12H2,(H,24,25). The monoisotopic (exact) mass is 342 g/mol. The number of dihydropyridines is 1. The third kappa shape index (κ3) is 2.61. The fourth-order valence-corrected chi connectivity index (χ4v) is 3.29. The fraction of sp³-hybridized carbons (Fsp3) is 0.100. The molecule has 6 nitrogen and oxygen atoms in total. The quantitative estimate of drug-likeness (QED) is 0.586. The van der Waals surface area contributed by atoms with Gasteiger partial charge < -0.3 is 20.9 Å². The Labute approximate surface area is 150 Å². The van der Waals surface area contributed by atoms with Crippen molar-refractivity contribution in [3.05, 3.63) is 89.9 Å². The second-order valence-corrected chi connectivity index (χ2v) is 6.28. The third-order valence-electron chi connectivity index (χ3n) is 4.57. The number of imidazole rings is 1. The van der Waals surface area contributed by atoms with Crippen LogP contribution in [-0.4, -0.2) is 21.1 Å². The van der Waals surface area contributed by atoms with Gasteiger partial charge >= 0.3 is 0 Å². The molecule has 0 spiro atoms. The van der Waals surface area contributed by atoms with Crippen molar-refractivity contribution >= 4 is 16.6 Å². The Morgan fingerprint density at radius 1 is 1.08 bits per heavy atom. The summed E-state index contributed by atoms with van der Waals surface area (Å²) in [5.41, 5.74) is 5.25. The van der Waals surface area contributed by atoms with Crippen molar-refractivity contribution < 1.29 is 0 Å². The zero-order chi connectivity index (χ0) is 17.3. The molecule has 0 bridgehead atoms.